The molecule has 2 rings (SSSR count). The van der Waals surface area contributed by atoms with Crippen molar-refractivity contribution in [3.05, 3.63) is 35.4 Å². The molecule has 0 bridgehead atoms. The highest BCUT2D eigenvalue weighted by atomic mass is 16.6. The standard InChI is InChI=1S/C20H32N2O3/c1-14(21-18(24)25-19(2,3)4)15-8-10-16(11-9-15)17(23)20(5)12-7-13-22(20)6/h8-11,14,17,23H,7,12-13H2,1-6H3,(H,21,24)/t14-,17+,20+/m0/s1. The molecular weight excluding hydrogens is 316 g/mol. The highest BCUT2D eigenvalue weighted by Crippen LogP contribution is 2.38. The second-order valence-corrected chi connectivity index (χ2v) is 8.32. The lowest BCUT2D eigenvalue weighted by Gasteiger charge is -2.37. The maximum Gasteiger partial charge on any atom is 0.408 e. The molecule has 0 saturated carbocycles. The molecule has 1 aliphatic rings. The van der Waals surface area contributed by atoms with Gasteiger partial charge in [-0.3, -0.25) is 4.90 Å². The van der Waals surface area contributed by atoms with Gasteiger partial charge in [-0.05, 0) is 72.2 Å². The smallest absolute Gasteiger partial charge is 0.408 e. The van der Waals surface area contributed by atoms with Crippen molar-refractivity contribution >= 4 is 6.09 Å². The fraction of sp³-hybridized carbons (Fsp3) is 0.650. The molecular formula is C20H32N2O3. The van der Waals surface area contributed by atoms with Gasteiger partial charge in [-0.15, -0.1) is 0 Å². The summed E-state index contributed by atoms with van der Waals surface area (Å²) in [5, 5.41) is 13.7. The molecule has 1 fully saturated rings. The Morgan fingerprint density at radius 3 is 2.32 bits per heavy atom. The van der Waals surface area contributed by atoms with Crippen LogP contribution in [-0.2, 0) is 4.74 Å². The van der Waals surface area contributed by atoms with Crippen LogP contribution in [-0.4, -0.2) is 40.8 Å². The van der Waals surface area contributed by atoms with E-state index in [0.29, 0.717) is 0 Å². The summed E-state index contributed by atoms with van der Waals surface area (Å²) in [5.74, 6) is 0. The average molecular weight is 348 g/mol. The molecule has 1 amide bonds. The molecule has 25 heavy (non-hydrogen) atoms. The number of nitrogens with one attached hydrogen (secondary N) is 1. The number of aliphatic hydroxyl groups is 1. The molecule has 0 radical (unpaired) electrons. The van der Waals surface area contributed by atoms with Crippen LogP contribution in [0.15, 0.2) is 24.3 Å². The highest BCUT2D eigenvalue weighted by Gasteiger charge is 2.41. The quantitative estimate of drug-likeness (QED) is 0.869. The Balaban J connectivity index is 2.03. The van der Waals surface area contributed by atoms with Crippen LogP contribution in [0.1, 0.15) is 70.7 Å². The Morgan fingerprint density at radius 2 is 1.84 bits per heavy atom. The molecule has 1 aromatic carbocycles. The molecule has 3 atom stereocenters. The summed E-state index contributed by atoms with van der Waals surface area (Å²) in [6.45, 7) is 10.6. The SMILES string of the molecule is C[C@H](NC(=O)OC(C)(C)C)c1ccc([C@@H](O)[C@@]2(C)CCCN2C)cc1. The molecule has 1 saturated heterocycles. The number of aliphatic hydroxyl groups excluding tert-OH is 1. The van der Waals surface area contributed by atoms with Gasteiger partial charge in [0.2, 0.25) is 0 Å². The number of nitrogens with zero attached hydrogens (tertiary/aromatic N) is 1. The van der Waals surface area contributed by atoms with Crippen LogP contribution in [0.3, 0.4) is 0 Å². The van der Waals surface area contributed by atoms with E-state index in [1.165, 1.54) is 0 Å². The summed E-state index contributed by atoms with van der Waals surface area (Å²) < 4.78 is 5.29. The van der Waals surface area contributed by atoms with Crippen molar-refractivity contribution in [2.45, 2.75) is 70.7 Å². The molecule has 1 aliphatic heterocycles. The summed E-state index contributed by atoms with van der Waals surface area (Å²) in [6, 6.07) is 7.65. The van der Waals surface area contributed by atoms with Crippen LogP contribution < -0.4 is 5.32 Å². The lowest BCUT2D eigenvalue weighted by atomic mass is 9.86. The number of hydrogen-bond acceptors (Lipinski definition) is 4. The first kappa shape index (κ1) is 19.7. The topological polar surface area (TPSA) is 61.8 Å². The number of ether oxygens (including phenoxy) is 1. The fourth-order valence-corrected chi connectivity index (χ4v) is 3.36. The van der Waals surface area contributed by atoms with Crippen molar-refractivity contribution in [1.29, 1.82) is 0 Å². The summed E-state index contributed by atoms with van der Waals surface area (Å²) >= 11 is 0. The minimum absolute atomic E-state index is 0.161. The van der Waals surface area contributed by atoms with Crippen molar-refractivity contribution in [3.63, 3.8) is 0 Å². The van der Waals surface area contributed by atoms with Gasteiger partial charge in [0.1, 0.15) is 5.60 Å². The highest BCUT2D eigenvalue weighted by molar-refractivity contribution is 5.68. The van der Waals surface area contributed by atoms with Gasteiger partial charge in [-0.2, -0.15) is 0 Å². The zero-order valence-corrected chi connectivity index (χ0v) is 16.3. The number of alkyl carbamates (subject to hydrolysis) is 1. The van der Waals surface area contributed by atoms with Crippen molar-refractivity contribution in [3.8, 4) is 0 Å². The van der Waals surface area contributed by atoms with Gasteiger partial charge in [0.15, 0.2) is 0 Å². The van der Waals surface area contributed by atoms with Crippen LogP contribution in [0.2, 0.25) is 0 Å². The van der Waals surface area contributed by atoms with E-state index in [1.54, 1.807) is 0 Å². The van der Waals surface area contributed by atoms with Gasteiger partial charge in [-0.25, -0.2) is 4.79 Å². The van der Waals surface area contributed by atoms with Gasteiger partial charge in [0.05, 0.1) is 12.1 Å². The maximum absolute atomic E-state index is 11.9. The van der Waals surface area contributed by atoms with E-state index in [-0.39, 0.29) is 11.6 Å². The number of amides is 1. The molecule has 5 nitrogen and oxygen atoms in total. The molecule has 0 aromatic heterocycles. The summed E-state index contributed by atoms with van der Waals surface area (Å²) in [5.41, 5.74) is 1.15. The zero-order chi connectivity index (χ0) is 18.8. The van der Waals surface area contributed by atoms with Crippen molar-refractivity contribution in [2.24, 2.45) is 0 Å². The third-order valence-corrected chi connectivity index (χ3v) is 5.12. The molecule has 1 heterocycles. The summed E-state index contributed by atoms with van der Waals surface area (Å²) in [7, 11) is 2.07. The first-order valence-electron chi connectivity index (χ1n) is 9.01. The number of carbonyl (C=O) groups is 1. The summed E-state index contributed by atoms with van der Waals surface area (Å²) in [4.78, 5) is 14.1. The molecule has 0 unspecified atom stereocenters. The Kier molecular flexibility index (Phi) is 5.79. The number of carbonyl (C=O) groups excluding carboxylic acids is 1. The molecule has 2 N–H and O–H groups in total. The Hall–Kier alpha value is -1.59. The number of likely N-dealkylation sites (tertiary alicyclic amines) is 1. The van der Waals surface area contributed by atoms with E-state index in [2.05, 4.69) is 24.2 Å². The zero-order valence-electron chi connectivity index (χ0n) is 16.3. The van der Waals surface area contributed by atoms with E-state index in [1.807, 2.05) is 52.0 Å². The fourth-order valence-electron chi connectivity index (χ4n) is 3.36. The predicted octanol–water partition coefficient (Wildman–Crippen LogP) is 3.79. The molecule has 140 valence electrons. The van der Waals surface area contributed by atoms with Gasteiger partial charge in [0.25, 0.3) is 0 Å². The number of likely N-dealkylation sites (N-methyl/N-ethyl adjacent to an activating group) is 1. The van der Waals surface area contributed by atoms with E-state index >= 15 is 0 Å². The largest absolute Gasteiger partial charge is 0.444 e. The number of benzene rings is 1. The van der Waals surface area contributed by atoms with Crippen LogP contribution in [0.4, 0.5) is 4.79 Å². The first-order chi connectivity index (χ1) is 11.5. The molecule has 0 spiro atoms. The minimum atomic E-state index is -0.525. The second-order valence-electron chi connectivity index (χ2n) is 8.32. The lowest BCUT2D eigenvalue weighted by Crippen LogP contribution is -2.43. The van der Waals surface area contributed by atoms with E-state index in [0.717, 1.165) is 30.5 Å². The third kappa shape index (κ3) is 4.73. The van der Waals surface area contributed by atoms with Crippen molar-refractivity contribution in [2.75, 3.05) is 13.6 Å². The first-order valence-corrected chi connectivity index (χ1v) is 9.01. The normalized spacial score (nSPS) is 24.0. The average Bonchev–Trinajstić information content (AvgIpc) is 2.85. The van der Waals surface area contributed by atoms with Crippen LogP contribution in [0.25, 0.3) is 0 Å². The van der Waals surface area contributed by atoms with Gasteiger partial charge >= 0.3 is 6.09 Å². The Labute approximate surface area is 151 Å². The maximum atomic E-state index is 11.9. The van der Waals surface area contributed by atoms with Crippen LogP contribution >= 0.6 is 0 Å². The monoisotopic (exact) mass is 348 g/mol. The van der Waals surface area contributed by atoms with Crippen molar-refractivity contribution < 1.29 is 14.6 Å². The van der Waals surface area contributed by atoms with Gasteiger partial charge < -0.3 is 15.2 Å². The van der Waals surface area contributed by atoms with E-state index in [4.69, 9.17) is 4.74 Å². The van der Waals surface area contributed by atoms with Crippen LogP contribution in [0, 0.1) is 0 Å². The molecule has 1 aromatic rings. The Bertz CT molecular complexity index is 594. The second kappa shape index (κ2) is 7.34. The van der Waals surface area contributed by atoms with Crippen LogP contribution in [0.5, 0.6) is 0 Å². The van der Waals surface area contributed by atoms with Crippen molar-refractivity contribution in [1.82, 2.24) is 10.2 Å². The molecule has 5 heteroatoms. The lowest BCUT2D eigenvalue weighted by molar-refractivity contribution is 0.0158. The molecule has 0 aliphatic carbocycles. The predicted molar refractivity (Wildman–Crippen MR) is 99.5 cm³/mol. The van der Waals surface area contributed by atoms with Gasteiger partial charge in [-0.1, -0.05) is 24.3 Å². The van der Waals surface area contributed by atoms with Gasteiger partial charge in [0, 0.05) is 5.54 Å². The van der Waals surface area contributed by atoms with E-state index in [9.17, 15) is 9.90 Å². The summed E-state index contributed by atoms with van der Waals surface area (Å²) in [6.07, 6.45) is 1.15. The minimum Gasteiger partial charge on any atom is -0.444 e. The van der Waals surface area contributed by atoms with E-state index < -0.39 is 17.8 Å². The Morgan fingerprint density at radius 1 is 1.28 bits per heavy atom. The number of rotatable bonds is 4. The third-order valence-electron chi connectivity index (χ3n) is 5.12. The number of hydrogen-bond donors (Lipinski definition) is 2.